The van der Waals surface area contributed by atoms with Crippen molar-refractivity contribution in [2.75, 3.05) is 31.9 Å². The third-order valence-electron chi connectivity index (χ3n) is 5.62. The van der Waals surface area contributed by atoms with Crippen molar-refractivity contribution in [2.24, 2.45) is 0 Å². The van der Waals surface area contributed by atoms with Gasteiger partial charge < -0.3 is 14.2 Å². The minimum absolute atomic E-state index is 0.0308. The van der Waals surface area contributed by atoms with Gasteiger partial charge >= 0.3 is 0 Å². The van der Waals surface area contributed by atoms with E-state index in [1.54, 1.807) is 40.4 Å². The number of rotatable bonds is 6. The predicted octanol–water partition coefficient (Wildman–Crippen LogP) is 3.65. The highest BCUT2D eigenvalue weighted by Crippen LogP contribution is 2.31. The second-order valence-electron chi connectivity index (χ2n) is 7.77. The molecule has 0 N–H and O–H groups in total. The fourth-order valence-electron chi connectivity index (χ4n) is 3.83. The highest BCUT2D eigenvalue weighted by atomic mass is 35.5. The van der Waals surface area contributed by atoms with Crippen LogP contribution in [-0.4, -0.2) is 73.3 Å². The Morgan fingerprint density at radius 2 is 1.77 bits per heavy atom. The third kappa shape index (κ3) is 4.94. The van der Waals surface area contributed by atoms with Crippen LogP contribution in [0.2, 0.25) is 5.02 Å². The van der Waals surface area contributed by atoms with Crippen LogP contribution in [0.4, 0.5) is 0 Å². The maximum atomic E-state index is 13.0. The van der Waals surface area contributed by atoms with E-state index < -0.39 is 0 Å². The van der Waals surface area contributed by atoms with E-state index in [1.807, 2.05) is 34.9 Å². The van der Waals surface area contributed by atoms with E-state index >= 15 is 0 Å². The zero-order valence-corrected chi connectivity index (χ0v) is 20.2. The zero-order chi connectivity index (χ0) is 24.2. The van der Waals surface area contributed by atoms with Gasteiger partial charge in [-0.05, 0) is 36.4 Å². The fourth-order valence-corrected chi connectivity index (χ4v) is 4.90. The van der Waals surface area contributed by atoms with Crippen molar-refractivity contribution in [3.63, 3.8) is 0 Å². The number of nitrogens with zero attached hydrogens (tertiary/aromatic N) is 6. The molecule has 0 bridgehead atoms. The lowest BCUT2D eigenvalue weighted by Crippen LogP contribution is -2.51. The number of carbonyl (C=O) groups is 2. The zero-order valence-electron chi connectivity index (χ0n) is 18.6. The second kappa shape index (κ2) is 10.3. The Balaban J connectivity index is 1.29. The van der Waals surface area contributed by atoms with E-state index in [4.69, 9.17) is 16.0 Å². The SMILES string of the molecule is O=C(CSc1nnc(-c2cccnc2)n1-c1ccccc1Cl)N1CCN(C(=O)c2ccco2)CC1. The van der Waals surface area contributed by atoms with Crippen molar-refractivity contribution < 1.29 is 14.0 Å². The van der Waals surface area contributed by atoms with E-state index in [-0.39, 0.29) is 17.6 Å². The van der Waals surface area contributed by atoms with Crippen molar-refractivity contribution in [3.8, 4) is 17.1 Å². The first-order valence-corrected chi connectivity index (χ1v) is 12.3. The van der Waals surface area contributed by atoms with Crippen molar-refractivity contribution in [3.05, 3.63) is 78.0 Å². The van der Waals surface area contributed by atoms with E-state index in [2.05, 4.69) is 15.2 Å². The molecule has 1 aliphatic rings. The molecule has 0 spiro atoms. The van der Waals surface area contributed by atoms with Crippen LogP contribution < -0.4 is 0 Å². The molecule has 178 valence electrons. The lowest BCUT2D eigenvalue weighted by atomic mass is 10.2. The van der Waals surface area contributed by atoms with Crippen LogP contribution in [0.5, 0.6) is 0 Å². The van der Waals surface area contributed by atoms with Gasteiger partial charge in [0.2, 0.25) is 5.91 Å². The van der Waals surface area contributed by atoms with Gasteiger partial charge in [-0.1, -0.05) is 35.5 Å². The molecule has 1 aromatic carbocycles. The number of carbonyl (C=O) groups excluding carboxylic acids is 2. The molecule has 0 radical (unpaired) electrons. The maximum absolute atomic E-state index is 13.0. The smallest absolute Gasteiger partial charge is 0.289 e. The molecule has 0 atom stereocenters. The fraction of sp³-hybridized carbons (Fsp3) is 0.208. The normalized spacial score (nSPS) is 13.7. The lowest BCUT2D eigenvalue weighted by Gasteiger charge is -2.34. The van der Waals surface area contributed by atoms with Gasteiger partial charge in [0, 0.05) is 44.1 Å². The van der Waals surface area contributed by atoms with Crippen LogP contribution in [0.1, 0.15) is 10.6 Å². The molecule has 1 saturated heterocycles. The largest absolute Gasteiger partial charge is 0.459 e. The summed E-state index contributed by atoms with van der Waals surface area (Å²) in [5.74, 6) is 0.890. The van der Waals surface area contributed by atoms with Crippen LogP contribution >= 0.6 is 23.4 Å². The molecule has 11 heteroatoms. The van der Waals surface area contributed by atoms with Crippen LogP contribution in [-0.2, 0) is 4.79 Å². The van der Waals surface area contributed by atoms with E-state index in [1.165, 1.54) is 18.0 Å². The summed E-state index contributed by atoms with van der Waals surface area (Å²) in [5, 5.41) is 9.81. The molecule has 1 aliphatic heterocycles. The van der Waals surface area contributed by atoms with Crippen LogP contribution in [0.15, 0.2) is 76.8 Å². The van der Waals surface area contributed by atoms with Gasteiger partial charge in [-0.2, -0.15) is 0 Å². The predicted molar refractivity (Wildman–Crippen MR) is 132 cm³/mol. The Hall–Kier alpha value is -3.63. The number of piperazine rings is 1. The van der Waals surface area contributed by atoms with Gasteiger partial charge in [0.25, 0.3) is 5.91 Å². The Kier molecular flexibility index (Phi) is 6.82. The molecular formula is C24H21ClN6O3S. The van der Waals surface area contributed by atoms with Crippen molar-refractivity contribution >= 4 is 35.2 Å². The Morgan fingerprint density at radius 3 is 2.49 bits per heavy atom. The van der Waals surface area contributed by atoms with Gasteiger partial charge in [-0.3, -0.25) is 19.1 Å². The molecule has 0 aliphatic carbocycles. The number of aromatic nitrogens is 4. The number of benzene rings is 1. The monoisotopic (exact) mass is 508 g/mol. The number of amides is 2. The lowest BCUT2D eigenvalue weighted by molar-refractivity contribution is -0.129. The summed E-state index contributed by atoms with van der Waals surface area (Å²) in [5.41, 5.74) is 1.51. The number of hydrogen-bond donors (Lipinski definition) is 0. The highest BCUT2D eigenvalue weighted by Gasteiger charge is 2.27. The first-order chi connectivity index (χ1) is 17.1. The molecule has 35 heavy (non-hydrogen) atoms. The first-order valence-electron chi connectivity index (χ1n) is 11.0. The average molecular weight is 509 g/mol. The minimum atomic E-state index is -0.160. The number of halogens is 1. The highest BCUT2D eigenvalue weighted by molar-refractivity contribution is 7.99. The number of thioether (sulfide) groups is 1. The molecule has 9 nitrogen and oxygen atoms in total. The molecule has 4 heterocycles. The number of hydrogen-bond acceptors (Lipinski definition) is 7. The summed E-state index contributed by atoms with van der Waals surface area (Å²) in [7, 11) is 0. The van der Waals surface area contributed by atoms with Crippen molar-refractivity contribution in [1.82, 2.24) is 29.5 Å². The molecule has 5 rings (SSSR count). The summed E-state index contributed by atoms with van der Waals surface area (Å²) in [4.78, 5) is 33.1. The molecule has 3 aromatic heterocycles. The summed E-state index contributed by atoms with van der Waals surface area (Å²) >= 11 is 7.79. The Bertz CT molecular complexity index is 1320. The minimum Gasteiger partial charge on any atom is -0.459 e. The van der Waals surface area contributed by atoms with Crippen molar-refractivity contribution in [1.29, 1.82) is 0 Å². The van der Waals surface area contributed by atoms with Crippen molar-refractivity contribution in [2.45, 2.75) is 5.16 Å². The molecular weight excluding hydrogens is 488 g/mol. The quantitative estimate of drug-likeness (QED) is 0.367. The number of furan rings is 1. The summed E-state index contributed by atoms with van der Waals surface area (Å²) in [6, 6.07) is 14.5. The third-order valence-corrected chi connectivity index (χ3v) is 6.86. The van der Waals surface area contributed by atoms with Gasteiger partial charge in [0.15, 0.2) is 16.7 Å². The average Bonchev–Trinajstić information content (AvgIpc) is 3.58. The summed E-state index contributed by atoms with van der Waals surface area (Å²) < 4.78 is 7.04. The van der Waals surface area contributed by atoms with Gasteiger partial charge in [0.1, 0.15) is 0 Å². The standard InChI is InChI=1S/C24H21ClN6O3S/c25-18-6-1-2-7-19(18)31-22(17-5-3-9-26-15-17)27-28-24(31)35-16-21(32)29-10-12-30(13-11-29)23(33)20-8-4-14-34-20/h1-9,14-15H,10-13,16H2. The van der Waals surface area contributed by atoms with E-state index in [0.717, 1.165) is 11.3 Å². The van der Waals surface area contributed by atoms with E-state index in [0.29, 0.717) is 47.9 Å². The topological polar surface area (TPSA) is 97.4 Å². The first kappa shape index (κ1) is 23.1. The Labute approximate surface area is 210 Å². The molecule has 4 aromatic rings. The molecule has 0 saturated carbocycles. The summed E-state index contributed by atoms with van der Waals surface area (Å²) in [6.45, 7) is 1.84. The van der Waals surface area contributed by atoms with E-state index in [9.17, 15) is 9.59 Å². The maximum Gasteiger partial charge on any atom is 0.289 e. The Morgan fingerprint density at radius 1 is 0.971 bits per heavy atom. The molecule has 1 fully saturated rings. The van der Waals surface area contributed by atoms with Gasteiger partial charge in [0.05, 0.1) is 22.7 Å². The van der Waals surface area contributed by atoms with Crippen LogP contribution in [0.25, 0.3) is 17.1 Å². The number of para-hydroxylation sites is 1. The molecule has 2 amide bonds. The second-order valence-corrected chi connectivity index (χ2v) is 9.12. The van der Waals surface area contributed by atoms with Crippen LogP contribution in [0.3, 0.4) is 0 Å². The van der Waals surface area contributed by atoms with Gasteiger partial charge in [-0.15, -0.1) is 10.2 Å². The van der Waals surface area contributed by atoms with Gasteiger partial charge in [-0.25, -0.2) is 0 Å². The summed E-state index contributed by atoms with van der Waals surface area (Å²) in [6.07, 6.45) is 4.88. The van der Waals surface area contributed by atoms with Crippen LogP contribution in [0, 0.1) is 0 Å². The number of pyridine rings is 1. The molecule has 0 unspecified atom stereocenters.